The predicted octanol–water partition coefficient (Wildman–Crippen LogP) is 3.08. The van der Waals surface area contributed by atoms with E-state index in [2.05, 4.69) is 5.32 Å². The van der Waals surface area contributed by atoms with E-state index in [4.69, 9.17) is 9.84 Å². The van der Waals surface area contributed by atoms with Crippen molar-refractivity contribution in [1.82, 2.24) is 0 Å². The van der Waals surface area contributed by atoms with Crippen LogP contribution in [0.1, 0.15) is 20.1 Å². The van der Waals surface area contributed by atoms with Gasteiger partial charge in [0.05, 0.1) is 0 Å². The van der Waals surface area contributed by atoms with Crippen LogP contribution in [0.4, 0.5) is 5.69 Å². The molecule has 1 amide bonds. The second-order valence-electron chi connectivity index (χ2n) is 4.51. The number of ether oxygens (including phenoxy) is 1. The molecule has 0 spiro atoms. The number of carboxylic acids is 1. The highest BCUT2D eigenvalue weighted by molar-refractivity contribution is 7.14. The number of aryl methyl sites for hydroxylation is 2. The number of thiophene rings is 1. The molecule has 2 rings (SSSR count). The van der Waals surface area contributed by atoms with Crippen LogP contribution in [0.15, 0.2) is 30.3 Å². The Bertz CT molecular complexity index is 678. The summed E-state index contributed by atoms with van der Waals surface area (Å²) in [6, 6.07) is 9.02. The lowest BCUT2D eigenvalue weighted by Gasteiger charge is -2.09. The van der Waals surface area contributed by atoms with Gasteiger partial charge < -0.3 is 15.2 Å². The van der Waals surface area contributed by atoms with Gasteiger partial charge in [-0.1, -0.05) is 18.2 Å². The summed E-state index contributed by atoms with van der Waals surface area (Å²) in [5.74, 6) is -1.16. The SMILES string of the molecule is Cc1cc(OCC(=O)Nc2ccccc2C)c(C(=O)O)s1. The summed E-state index contributed by atoms with van der Waals surface area (Å²) in [4.78, 5) is 23.8. The van der Waals surface area contributed by atoms with Crippen molar-refractivity contribution in [3.05, 3.63) is 45.6 Å². The number of nitrogens with one attached hydrogen (secondary N) is 1. The zero-order valence-corrected chi connectivity index (χ0v) is 12.5. The molecule has 110 valence electrons. The fourth-order valence-corrected chi connectivity index (χ4v) is 2.58. The first kappa shape index (κ1) is 15.1. The predicted molar refractivity (Wildman–Crippen MR) is 81.3 cm³/mol. The monoisotopic (exact) mass is 305 g/mol. The zero-order valence-electron chi connectivity index (χ0n) is 11.7. The molecule has 2 N–H and O–H groups in total. The van der Waals surface area contributed by atoms with E-state index in [0.29, 0.717) is 5.69 Å². The molecule has 0 unspecified atom stereocenters. The quantitative estimate of drug-likeness (QED) is 0.890. The average Bonchev–Trinajstić information content (AvgIpc) is 2.80. The molecule has 0 saturated heterocycles. The summed E-state index contributed by atoms with van der Waals surface area (Å²) in [7, 11) is 0. The fourth-order valence-electron chi connectivity index (χ4n) is 1.79. The van der Waals surface area contributed by atoms with Crippen molar-refractivity contribution in [2.24, 2.45) is 0 Å². The maximum absolute atomic E-state index is 11.8. The Morgan fingerprint density at radius 2 is 2.00 bits per heavy atom. The fraction of sp³-hybridized carbons (Fsp3) is 0.200. The molecule has 2 aromatic rings. The van der Waals surface area contributed by atoms with Crippen molar-refractivity contribution in [2.45, 2.75) is 13.8 Å². The molecule has 0 radical (unpaired) electrons. The molecule has 0 atom stereocenters. The van der Waals surface area contributed by atoms with Gasteiger partial charge in [-0.15, -0.1) is 11.3 Å². The molecular weight excluding hydrogens is 290 g/mol. The maximum Gasteiger partial charge on any atom is 0.349 e. The number of benzene rings is 1. The third kappa shape index (κ3) is 3.82. The first-order chi connectivity index (χ1) is 9.97. The van der Waals surface area contributed by atoms with Gasteiger partial charge >= 0.3 is 5.97 Å². The molecule has 0 bridgehead atoms. The lowest BCUT2D eigenvalue weighted by molar-refractivity contribution is -0.118. The number of hydrogen-bond acceptors (Lipinski definition) is 4. The van der Waals surface area contributed by atoms with Crippen molar-refractivity contribution >= 4 is 28.9 Å². The van der Waals surface area contributed by atoms with Crippen LogP contribution in [-0.4, -0.2) is 23.6 Å². The Kier molecular flexibility index (Phi) is 4.59. The van der Waals surface area contributed by atoms with E-state index in [9.17, 15) is 9.59 Å². The van der Waals surface area contributed by atoms with Crippen LogP contribution in [0, 0.1) is 13.8 Å². The summed E-state index contributed by atoms with van der Waals surface area (Å²) in [6.45, 7) is 3.45. The summed E-state index contributed by atoms with van der Waals surface area (Å²) in [6.07, 6.45) is 0. The van der Waals surface area contributed by atoms with E-state index in [0.717, 1.165) is 21.8 Å². The molecule has 0 saturated carbocycles. The molecule has 21 heavy (non-hydrogen) atoms. The van der Waals surface area contributed by atoms with E-state index in [1.807, 2.05) is 25.1 Å². The molecular formula is C15H15NO4S. The third-order valence-electron chi connectivity index (χ3n) is 2.79. The van der Waals surface area contributed by atoms with E-state index >= 15 is 0 Å². The van der Waals surface area contributed by atoms with Crippen molar-refractivity contribution in [3.63, 3.8) is 0 Å². The van der Waals surface area contributed by atoms with Crippen LogP contribution in [0.3, 0.4) is 0 Å². The molecule has 0 aliphatic rings. The van der Waals surface area contributed by atoms with Gasteiger partial charge in [0.2, 0.25) is 0 Å². The Hall–Kier alpha value is -2.34. The lowest BCUT2D eigenvalue weighted by Crippen LogP contribution is -2.21. The number of carbonyl (C=O) groups excluding carboxylic acids is 1. The molecule has 0 aliphatic carbocycles. The van der Waals surface area contributed by atoms with Crippen LogP contribution < -0.4 is 10.1 Å². The Labute approximate surface area is 126 Å². The topological polar surface area (TPSA) is 75.6 Å². The number of carbonyl (C=O) groups is 2. The van der Waals surface area contributed by atoms with Gasteiger partial charge in [0.25, 0.3) is 5.91 Å². The Morgan fingerprint density at radius 1 is 1.29 bits per heavy atom. The van der Waals surface area contributed by atoms with Gasteiger partial charge in [0.1, 0.15) is 5.75 Å². The van der Waals surface area contributed by atoms with E-state index in [1.165, 1.54) is 0 Å². The van der Waals surface area contributed by atoms with Gasteiger partial charge in [-0.25, -0.2) is 4.79 Å². The molecule has 0 fully saturated rings. The van der Waals surface area contributed by atoms with Crippen molar-refractivity contribution in [2.75, 3.05) is 11.9 Å². The second-order valence-corrected chi connectivity index (χ2v) is 5.76. The minimum Gasteiger partial charge on any atom is -0.482 e. The van der Waals surface area contributed by atoms with E-state index in [1.54, 1.807) is 19.1 Å². The van der Waals surface area contributed by atoms with Crippen molar-refractivity contribution < 1.29 is 19.4 Å². The van der Waals surface area contributed by atoms with Crippen LogP contribution in [0.2, 0.25) is 0 Å². The summed E-state index contributed by atoms with van der Waals surface area (Å²) in [5, 5.41) is 11.8. The highest BCUT2D eigenvalue weighted by Crippen LogP contribution is 2.28. The summed E-state index contributed by atoms with van der Waals surface area (Å²) >= 11 is 1.12. The van der Waals surface area contributed by atoms with Crippen LogP contribution in [-0.2, 0) is 4.79 Å². The molecule has 6 heteroatoms. The number of para-hydroxylation sites is 1. The number of amides is 1. The molecule has 0 aliphatic heterocycles. The third-order valence-corrected chi connectivity index (χ3v) is 3.81. The summed E-state index contributed by atoms with van der Waals surface area (Å²) in [5.41, 5.74) is 1.66. The highest BCUT2D eigenvalue weighted by atomic mass is 32.1. The molecule has 5 nitrogen and oxygen atoms in total. The summed E-state index contributed by atoms with van der Waals surface area (Å²) < 4.78 is 5.31. The van der Waals surface area contributed by atoms with Gasteiger partial charge in [0, 0.05) is 10.6 Å². The van der Waals surface area contributed by atoms with Gasteiger partial charge in [-0.05, 0) is 31.5 Å². The first-order valence-corrected chi connectivity index (χ1v) is 7.11. The Balaban J connectivity index is 1.99. The van der Waals surface area contributed by atoms with Gasteiger partial charge in [-0.3, -0.25) is 4.79 Å². The minimum absolute atomic E-state index is 0.108. The van der Waals surface area contributed by atoms with E-state index < -0.39 is 5.97 Å². The van der Waals surface area contributed by atoms with Crippen molar-refractivity contribution in [3.8, 4) is 5.75 Å². The molecule has 1 aromatic carbocycles. The normalized spacial score (nSPS) is 10.2. The van der Waals surface area contributed by atoms with Crippen molar-refractivity contribution in [1.29, 1.82) is 0 Å². The maximum atomic E-state index is 11.8. The number of aromatic carboxylic acids is 1. The van der Waals surface area contributed by atoms with Gasteiger partial charge in [0.15, 0.2) is 11.5 Å². The highest BCUT2D eigenvalue weighted by Gasteiger charge is 2.16. The zero-order chi connectivity index (χ0) is 15.4. The number of carboxylic acid groups (broad SMARTS) is 1. The lowest BCUT2D eigenvalue weighted by atomic mass is 10.2. The van der Waals surface area contributed by atoms with Crippen LogP contribution in [0.5, 0.6) is 5.75 Å². The average molecular weight is 305 g/mol. The standard InChI is InChI=1S/C15H15NO4S/c1-9-5-3-4-6-11(9)16-13(17)8-20-12-7-10(2)21-14(12)15(18)19/h3-7H,8H2,1-2H3,(H,16,17)(H,18,19). The Morgan fingerprint density at radius 3 is 2.67 bits per heavy atom. The van der Waals surface area contributed by atoms with Crippen LogP contribution >= 0.6 is 11.3 Å². The van der Waals surface area contributed by atoms with Gasteiger partial charge in [-0.2, -0.15) is 0 Å². The largest absolute Gasteiger partial charge is 0.482 e. The number of rotatable bonds is 5. The second kappa shape index (κ2) is 6.41. The first-order valence-electron chi connectivity index (χ1n) is 6.29. The van der Waals surface area contributed by atoms with E-state index in [-0.39, 0.29) is 23.1 Å². The number of anilines is 1. The minimum atomic E-state index is -1.05. The van der Waals surface area contributed by atoms with Crippen LogP contribution in [0.25, 0.3) is 0 Å². The number of hydrogen-bond donors (Lipinski definition) is 2. The molecule has 1 heterocycles. The smallest absolute Gasteiger partial charge is 0.349 e. The molecule has 1 aromatic heterocycles.